The maximum absolute atomic E-state index is 12.7. The number of aryl methyl sites for hydroxylation is 2. The number of rotatable bonds is 3. The van der Waals surface area contributed by atoms with Gasteiger partial charge in [-0.1, -0.05) is 23.4 Å². The van der Waals surface area contributed by atoms with Gasteiger partial charge in [0.25, 0.3) is 0 Å². The zero-order valence-electron chi connectivity index (χ0n) is 13.0. The molecule has 114 valence electrons. The fourth-order valence-corrected chi connectivity index (χ4v) is 2.86. The predicted molar refractivity (Wildman–Crippen MR) is 89.6 cm³/mol. The number of carbonyl (C=O) groups is 1. The number of aromatic nitrogens is 4. The van der Waals surface area contributed by atoms with Gasteiger partial charge in [-0.2, -0.15) is 0 Å². The Morgan fingerprint density at radius 2 is 1.96 bits per heavy atom. The van der Waals surface area contributed by atoms with Crippen molar-refractivity contribution in [2.45, 2.75) is 20.4 Å². The van der Waals surface area contributed by atoms with E-state index in [1.165, 1.54) is 11.1 Å². The molecule has 0 saturated heterocycles. The topological polar surface area (TPSA) is 63.6 Å². The molecule has 2 heterocycles. The summed E-state index contributed by atoms with van der Waals surface area (Å²) in [6.45, 7) is 4.28. The monoisotopic (exact) mass is 304 g/mol. The highest BCUT2D eigenvalue weighted by molar-refractivity contribution is 6.07. The van der Waals surface area contributed by atoms with Crippen LogP contribution in [-0.4, -0.2) is 25.8 Å². The molecule has 0 fully saturated rings. The molecule has 5 nitrogen and oxygen atoms in total. The second kappa shape index (κ2) is 5.05. The first-order valence-corrected chi connectivity index (χ1v) is 7.53. The first-order chi connectivity index (χ1) is 11.1. The minimum atomic E-state index is 0.0208. The van der Waals surface area contributed by atoms with Gasteiger partial charge in [-0.25, -0.2) is 4.68 Å². The maximum Gasteiger partial charge on any atom is 0.186 e. The third-order valence-electron chi connectivity index (χ3n) is 4.31. The summed E-state index contributed by atoms with van der Waals surface area (Å²) in [6, 6.07) is 11.8. The Kier molecular flexibility index (Phi) is 3.01. The summed E-state index contributed by atoms with van der Waals surface area (Å²) in [5.41, 5.74) is 5.70. The molecule has 2 aromatic carbocycles. The second-order valence-electron chi connectivity index (χ2n) is 5.84. The lowest BCUT2D eigenvalue weighted by atomic mass is 10.1. The fraction of sp³-hybridized carbons (Fsp3) is 0.167. The Morgan fingerprint density at radius 1 is 1.17 bits per heavy atom. The van der Waals surface area contributed by atoms with Crippen molar-refractivity contribution in [3.8, 4) is 0 Å². The van der Waals surface area contributed by atoms with Gasteiger partial charge in [0.05, 0.1) is 5.52 Å². The lowest BCUT2D eigenvalue weighted by molar-refractivity contribution is 0.0970. The van der Waals surface area contributed by atoms with Gasteiger partial charge in [-0.15, -0.1) is 5.10 Å². The molecule has 0 spiro atoms. The lowest BCUT2D eigenvalue weighted by Crippen LogP contribution is -2.11. The van der Waals surface area contributed by atoms with E-state index in [0.717, 1.165) is 21.9 Å². The molecule has 4 aromatic rings. The molecule has 0 bridgehead atoms. The van der Waals surface area contributed by atoms with Crippen LogP contribution in [-0.2, 0) is 6.54 Å². The molecule has 4 rings (SSSR count). The van der Waals surface area contributed by atoms with Crippen LogP contribution in [0.25, 0.3) is 21.9 Å². The zero-order valence-corrected chi connectivity index (χ0v) is 13.0. The predicted octanol–water partition coefficient (Wildman–Crippen LogP) is 3.41. The fourth-order valence-electron chi connectivity index (χ4n) is 2.86. The van der Waals surface area contributed by atoms with Crippen molar-refractivity contribution in [1.29, 1.82) is 0 Å². The van der Waals surface area contributed by atoms with Crippen molar-refractivity contribution < 1.29 is 4.79 Å². The summed E-state index contributed by atoms with van der Waals surface area (Å²) in [5.74, 6) is 0.0208. The number of ketones is 1. The molecule has 0 aliphatic heterocycles. The van der Waals surface area contributed by atoms with Crippen LogP contribution < -0.4 is 0 Å². The van der Waals surface area contributed by atoms with Crippen LogP contribution in [0, 0.1) is 13.8 Å². The minimum absolute atomic E-state index is 0.0208. The van der Waals surface area contributed by atoms with Gasteiger partial charge in [0.1, 0.15) is 12.1 Å². The average molecular weight is 304 g/mol. The largest absolute Gasteiger partial charge is 0.360 e. The first kappa shape index (κ1) is 13.7. The van der Waals surface area contributed by atoms with Crippen molar-refractivity contribution in [2.75, 3.05) is 0 Å². The van der Waals surface area contributed by atoms with E-state index in [-0.39, 0.29) is 12.3 Å². The number of hydrogen-bond donors (Lipinski definition) is 1. The van der Waals surface area contributed by atoms with Gasteiger partial charge in [0, 0.05) is 22.7 Å². The van der Waals surface area contributed by atoms with Crippen molar-refractivity contribution in [3.05, 3.63) is 59.3 Å². The number of benzene rings is 2. The molecule has 0 radical (unpaired) electrons. The second-order valence-corrected chi connectivity index (χ2v) is 5.84. The van der Waals surface area contributed by atoms with Crippen LogP contribution in [0.4, 0.5) is 0 Å². The third-order valence-corrected chi connectivity index (χ3v) is 4.31. The zero-order chi connectivity index (χ0) is 16.0. The third kappa shape index (κ3) is 2.21. The quantitative estimate of drug-likeness (QED) is 0.590. The highest BCUT2D eigenvalue weighted by Gasteiger charge is 2.15. The average Bonchev–Trinajstić information content (AvgIpc) is 3.13. The molecule has 5 heteroatoms. The summed E-state index contributed by atoms with van der Waals surface area (Å²) in [6.07, 6.45) is 1.77. The molecule has 23 heavy (non-hydrogen) atoms. The number of nitrogens with one attached hydrogen (secondary N) is 1. The van der Waals surface area contributed by atoms with Gasteiger partial charge in [0.2, 0.25) is 0 Å². The van der Waals surface area contributed by atoms with Gasteiger partial charge in [0.15, 0.2) is 5.78 Å². The van der Waals surface area contributed by atoms with Gasteiger partial charge in [-0.05, 0) is 43.2 Å². The van der Waals surface area contributed by atoms with Crippen molar-refractivity contribution in [3.63, 3.8) is 0 Å². The van der Waals surface area contributed by atoms with Gasteiger partial charge >= 0.3 is 0 Å². The minimum Gasteiger partial charge on any atom is -0.360 e. The van der Waals surface area contributed by atoms with E-state index in [9.17, 15) is 4.79 Å². The van der Waals surface area contributed by atoms with E-state index in [2.05, 4.69) is 15.3 Å². The summed E-state index contributed by atoms with van der Waals surface area (Å²) in [5, 5.41) is 9.25. The van der Waals surface area contributed by atoms with E-state index in [1.54, 1.807) is 10.9 Å². The van der Waals surface area contributed by atoms with E-state index in [4.69, 9.17) is 0 Å². The van der Waals surface area contributed by atoms with Crippen molar-refractivity contribution >= 4 is 27.7 Å². The van der Waals surface area contributed by atoms with Gasteiger partial charge < -0.3 is 4.98 Å². The summed E-state index contributed by atoms with van der Waals surface area (Å²) >= 11 is 0. The first-order valence-electron chi connectivity index (χ1n) is 7.53. The highest BCUT2D eigenvalue weighted by Crippen LogP contribution is 2.20. The number of aromatic amines is 1. The van der Waals surface area contributed by atoms with E-state index < -0.39 is 0 Å². The summed E-state index contributed by atoms with van der Waals surface area (Å²) < 4.78 is 1.67. The van der Waals surface area contributed by atoms with E-state index in [0.29, 0.717) is 5.56 Å². The van der Waals surface area contributed by atoms with Crippen LogP contribution in [0.3, 0.4) is 0 Å². The Hall–Kier alpha value is -2.95. The number of carbonyl (C=O) groups excluding carboxylic acids is 1. The summed E-state index contributed by atoms with van der Waals surface area (Å²) in [4.78, 5) is 15.8. The molecular weight excluding hydrogens is 288 g/mol. The molecule has 0 saturated carbocycles. The van der Waals surface area contributed by atoms with Crippen LogP contribution >= 0.6 is 0 Å². The SMILES string of the molecule is Cc1cc2nnn(CC(=O)c3c[nH]c4ccccc34)c2cc1C. The lowest BCUT2D eigenvalue weighted by Gasteiger charge is -2.03. The Bertz CT molecular complexity index is 1040. The van der Waals surface area contributed by atoms with Crippen molar-refractivity contribution in [2.24, 2.45) is 0 Å². The van der Waals surface area contributed by atoms with Gasteiger partial charge in [-0.3, -0.25) is 4.79 Å². The standard InChI is InChI=1S/C18H16N4O/c1-11-7-16-17(8-12(11)2)22(21-20-16)10-18(23)14-9-19-15-6-4-3-5-13(14)15/h3-9,19H,10H2,1-2H3. The Balaban J connectivity index is 1.73. The molecule has 0 aliphatic rings. The number of para-hydroxylation sites is 1. The summed E-state index contributed by atoms with van der Waals surface area (Å²) in [7, 11) is 0. The van der Waals surface area contributed by atoms with Crippen LogP contribution in [0.1, 0.15) is 21.5 Å². The van der Waals surface area contributed by atoms with Crippen molar-refractivity contribution in [1.82, 2.24) is 20.0 Å². The number of fused-ring (bicyclic) bond motifs is 2. The molecule has 2 aromatic heterocycles. The molecular formula is C18H16N4O. The molecule has 1 N–H and O–H groups in total. The Labute approximate surface area is 132 Å². The number of Topliss-reactive ketones (excluding diaryl/α,β-unsaturated/α-hetero) is 1. The Morgan fingerprint density at radius 3 is 2.83 bits per heavy atom. The number of nitrogens with zero attached hydrogens (tertiary/aromatic N) is 3. The number of hydrogen-bond acceptors (Lipinski definition) is 3. The van der Waals surface area contributed by atoms with Crippen LogP contribution in [0.15, 0.2) is 42.6 Å². The van der Waals surface area contributed by atoms with E-state index >= 15 is 0 Å². The normalized spacial score (nSPS) is 11.4. The maximum atomic E-state index is 12.7. The van der Waals surface area contributed by atoms with Crippen LogP contribution in [0.2, 0.25) is 0 Å². The molecule has 0 unspecified atom stereocenters. The molecule has 0 atom stereocenters. The highest BCUT2D eigenvalue weighted by atomic mass is 16.1. The smallest absolute Gasteiger partial charge is 0.186 e. The van der Waals surface area contributed by atoms with E-state index in [1.807, 2.05) is 50.2 Å². The molecule has 0 amide bonds. The number of H-pyrrole nitrogens is 1. The molecule has 0 aliphatic carbocycles. The van der Waals surface area contributed by atoms with Crippen LogP contribution in [0.5, 0.6) is 0 Å².